The van der Waals surface area contributed by atoms with Gasteiger partial charge in [-0.05, 0) is 37.5 Å². The van der Waals surface area contributed by atoms with Crippen molar-refractivity contribution >= 4 is 27.5 Å². The number of fused-ring (bicyclic) bond motifs is 1. The third-order valence-corrected chi connectivity index (χ3v) is 5.79. The molecule has 0 fully saturated rings. The lowest BCUT2D eigenvalue weighted by Crippen LogP contribution is -2.29. The van der Waals surface area contributed by atoms with Crippen LogP contribution in [0.15, 0.2) is 40.8 Å². The fourth-order valence-corrected chi connectivity index (χ4v) is 4.05. The Morgan fingerprint density at radius 1 is 1.13 bits per heavy atom. The molecule has 0 spiro atoms. The van der Waals surface area contributed by atoms with Crippen molar-refractivity contribution in [3.63, 3.8) is 0 Å². The van der Waals surface area contributed by atoms with Crippen molar-refractivity contribution in [3.05, 3.63) is 46.3 Å². The average Bonchev–Trinajstić information content (AvgIpc) is 3.20. The predicted molar refractivity (Wildman–Crippen MR) is 120 cm³/mol. The zero-order valence-electron chi connectivity index (χ0n) is 17.7. The summed E-state index contributed by atoms with van der Waals surface area (Å²) in [7, 11) is 0. The number of thiophene rings is 1. The summed E-state index contributed by atoms with van der Waals surface area (Å²) in [6, 6.07) is 6.96. The van der Waals surface area contributed by atoms with Gasteiger partial charge in [0.05, 0.1) is 24.9 Å². The molecule has 2 aromatic heterocycles. The first-order valence-corrected chi connectivity index (χ1v) is 11.3. The summed E-state index contributed by atoms with van der Waals surface area (Å²) in [5.41, 5.74) is 1.49. The van der Waals surface area contributed by atoms with Gasteiger partial charge in [0.15, 0.2) is 0 Å². The highest BCUT2D eigenvalue weighted by atomic mass is 32.1. The van der Waals surface area contributed by atoms with Crippen LogP contribution in [0.3, 0.4) is 0 Å². The topological polar surface area (TPSA) is 70.4 Å². The van der Waals surface area contributed by atoms with Crippen LogP contribution in [0.5, 0.6) is 5.75 Å². The summed E-state index contributed by atoms with van der Waals surface area (Å²) < 4.78 is 12.3. The molecule has 0 saturated heterocycles. The number of ether oxygens (including phenoxy) is 2. The lowest BCUT2D eigenvalue weighted by atomic mass is 10.1. The van der Waals surface area contributed by atoms with Gasteiger partial charge in [0.2, 0.25) is 0 Å². The van der Waals surface area contributed by atoms with E-state index < -0.39 is 12.0 Å². The summed E-state index contributed by atoms with van der Waals surface area (Å²) in [5.74, 6) is 0.388. The van der Waals surface area contributed by atoms with Crippen molar-refractivity contribution < 1.29 is 14.3 Å². The predicted octanol–water partition coefficient (Wildman–Crippen LogP) is 5.21. The number of hydrogen-bond acceptors (Lipinski definition) is 6. The summed E-state index contributed by atoms with van der Waals surface area (Å²) in [5, 5.41) is 2.45. The molecule has 0 amide bonds. The Balaban J connectivity index is 1.87. The van der Waals surface area contributed by atoms with Crippen LogP contribution < -0.4 is 10.3 Å². The second-order valence-electron chi connectivity index (χ2n) is 7.21. The van der Waals surface area contributed by atoms with E-state index in [2.05, 4.69) is 18.8 Å². The number of carbonyl (C=O) groups excluding carboxylic acids is 1. The zero-order valence-corrected chi connectivity index (χ0v) is 18.5. The molecular formula is C23H28N2O4S. The number of unbranched alkanes of at least 4 members (excludes halogenated alkanes) is 2. The molecule has 7 heteroatoms. The van der Waals surface area contributed by atoms with Gasteiger partial charge in [0, 0.05) is 10.9 Å². The normalized spacial score (nSPS) is 12.1. The van der Waals surface area contributed by atoms with Crippen molar-refractivity contribution in [2.45, 2.75) is 52.5 Å². The molecule has 1 aromatic carbocycles. The minimum atomic E-state index is -0.728. The molecular weight excluding hydrogens is 400 g/mol. The minimum absolute atomic E-state index is 0.236. The van der Waals surface area contributed by atoms with Crippen molar-refractivity contribution in [2.75, 3.05) is 13.2 Å². The molecule has 0 bridgehead atoms. The third kappa shape index (κ3) is 4.90. The molecule has 160 valence electrons. The highest BCUT2D eigenvalue weighted by Gasteiger charge is 2.21. The largest absolute Gasteiger partial charge is 0.494 e. The third-order valence-electron chi connectivity index (χ3n) is 4.91. The van der Waals surface area contributed by atoms with Crippen LogP contribution in [0.4, 0.5) is 0 Å². The van der Waals surface area contributed by atoms with E-state index in [-0.39, 0.29) is 5.56 Å². The maximum absolute atomic E-state index is 13.2. The van der Waals surface area contributed by atoms with Gasteiger partial charge >= 0.3 is 5.97 Å². The maximum atomic E-state index is 13.2. The lowest BCUT2D eigenvalue weighted by Gasteiger charge is -2.14. The van der Waals surface area contributed by atoms with Crippen LogP contribution in [-0.2, 0) is 9.53 Å². The molecule has 0 aliphatic rings. The molecule has 0 radical (unpaired) electrons. The first-order chi connectivity index (χ1) is 14.6. The van der Waals surface area contributed by atoms with E-state index in [1.165, 1.54) is 22.2 Å². The first-order valence-electron chi connectivity index (χ1n) is 10.4. The number of nitrogens with zero attached hydrogens (tertiary/aromatic N) is 2. The van der Waals surface area contributed by atoms with Gasteiger partial charge in [-0.15, -0.1) is 11.3 Å². The number of rotatable bonds is 10. The zero-order chi connectivity index (χ0) is 21.5. The Labute approximate surface area is 180 Å². The number of benzene rings is 1. The molecule has 0 N–H and O–H groups in total. The van der Waals surface area contributed by atoms with E-state index >= 15 is 0 Å². The van der Waals surface area contributed by atoms with Crippen LogP contribution in [0.25, 0.3) is 21.3 Å². The van der Waals surface area contributed by atoms with Gasteiger partial charge < -0.3 is 9.47 Å². The fourth-order valence-electron chi connectivity index (χ4n) is 3.14. The summed E-state index contributed by atoms with van der Waals surface area (Å²) >= 11 is 1.42. The van der Waals surface area contributed by atoms with Gasteiger partial charge in [0.25, 0.3) is 5.56 Å². The molecule has 30 heavy (non-hydrogen) atoms. The number of hydrogen-bond donors (Lipinski definition) is 0. The number of aromatic nitrogens is 2. The van der Waals surface area contributed by atoms with E-state index in [0.717, 1.165) is 42.6 Å². The van der Waals surface area contributed by atoms with Crippen LogP contribution in [0, 0.1) is 0 Å². The second-order valence-corrected chi connectivity index (χ2v) is 8.07. The SMILES string of the molecule is CCCCCOC(=O)C(C)n1cnc2scc(-c3ccc(OCCC)cc3)c2c1=O. The van der Waals surface area contributed by atoms with Gasteiger partial charge in [-0.1, -0.05) is 38.8 Å². The molecule has 0 aliphatic carbocycles. The molecule has 3 rings (SSSR count). The van der Waals surface area contributed by atoms with E-state index in [9.17, 15) is 9.59 Å². The summed E-state index contributed by atoms with van der Waals surface area (Å²) in [4.78, 5) is 30.7. The van der Waals surface area contributed by atoms with E-state index in [1.807, 2.05) is 29.6 Å². The number of esters is 1. The van der Waals surface area contributed by atoms with Crippen LogP contribution in [0.1, 0.15) is 52.5 Å². The van der Waals surface area contributed by atoms with Crippen molar-refractivity contribution in [2.24, 2.45) is 0 Å². The maximum Gasteiger partial charge on any atom is 0.328 e. The van der Waals surface area contributed by atoms with Crippen molar-refractivity contribution in [1.82, 2.24) is 9.55 Å². The minimum Gasteiger partial charge on any atom is -0.494 e. The molecule has 3 aromatic rings. The molecule has 6 nitrogen and oxygen atoms in total. The lowest BCUT2D eigenvalue weighted by molar-refractivity contribution is -0.147. The molecule has 1 atom stereocenters. The second kappa shape index (κ2) is 10.4. The quantitative estimate of drug-likeness (QED) is 0.327. The highest BCUT2D eigenvalue weighted by molar-refractivity contribution is 7.17. The van der Waals surface area contributed by atoms with Crippen molar-refractivity contribution in [1.29, 1.82) is 0 Å². The Hall–Kier alpha value is -2.67. The fraction of sp³-hybridized carbons (Fsp3) is 0.435. The first kappa shape index (κ1) is 22.0. The van der Waals surface area contributed by atoms with Crippen LogP contribution >= 0.6 is 11.3 Å². The molecule has 2 heterocycles. The van der Waals surface area contributed by atoms with Gasteiger partial charge in [-0.25, -0.2) is 9.78 Å². The van der Waals surface area contributed by atoms with Gasteiger partial charge in [-0.2, -0.15) is 0 Å². The Morgan fingerprint density at radius 2 is 1.90 bits per heavy atom. The Morgan fingerprint density at radius 3 is 2.60 bits per heavy atom. The summed E-state index contributed by atoms with van der Waals surface area (Å²) in [6.45, 7) is 6.86. The van der Waals surface area contributed by atoms with E-state index in [4.69, 9.17) is 9.47 Å². The number of carbonyl (C=O) groups is 1. The molecule has 1 unspecified atom stereocenters. The molecule has 0 aliphatic heterocycles. The smallest absolute Gasteiger partial charge is 0.328 e. The average molecular weight is 429 g/mol. The summed E-state index contributed by atoms with van der Waals surface area (Å²) in [6.07, 6.45) is 5.27. The Bertz CT molecular complexity index is 1040. The molecule has 0 saturated carbocycles. The van der Waals surface area contributed by atoms with E-state index in [0.29, 0.717) is 23.4 Å². The standard InChI is InChI=1S/C23H28N2O4S/c1-4-6-7-13-29-23(27)16(3)25-15-24-21-20(22(25)26)19(14-30-21)17-8-10-18(11-9-17)28-12-5-2/h8-11,14-16H,4-7,12-13H2,1-3H3. The van der Waals surface area contributed by atoms with Gasteiger partial charge in [0.1, 0.15) is 16.6 Å². The van der Waals surface area contributed by atoms with Crippen molar-refractivity contribution in [3.8, 4) is 16.9 Å². The Kier molecular flexibility index (Phi) is 7.63. The van der Waals surface area contributed by atoms with Crippen LogP contribution in [0.2, 0.25) is 0 Å². The van der Waals surface area contributed by atoms with Gasteiger partial charge in [-0.3, -0.25) is 9.36 Å². The van der Waals surface area contributed by atoms with E-state index in [1.54, 1.807) is 6.92 Å². The van der Waals surface area contributed by atoms with Crippen LogP contribution in [-0.4, -0.2) is 28.7 Å². The monoisotopic (exact) mass is 428 g/mol. The highest BCUT2D eigenvalue weighted by Crippen LogP contribution is 2.32.